The second kappa shape index (κ2) is 11.7. The number of hydrogen-bond acceptors (Lipinski definition) is 4. The van der Waals surface area contributed by atoms with Gasteiger partial charge in [0, 0.05) is 26.1 Å². The number of amides is 1. The zero-order chi connectivity index (χ0) is 23.8. The van der Waals surface area contributed by atoms with Crippen molar-refractivity contribution >= 4 is 21.6 Å². The molecule has 0 aliphatic carbocycles. The van der Waals surface area contributed by atoms with Gasteiger partial charge in [-0.25, -0.2) is 8.42 Å². The number of nitrogens with zero attached hydrogens (tertiary/aromatic N) is 2. The molecule has 3 rings (SSSR count). The summed E-state index contributed by atoms with van der Waals surface area (Å²) in [6.07, 6.45) is 5.82. The molecule has 0 unspecified atom stereocenters. The Hall–Kier alpha value is -2.38. The van der Waals surface area contributed by atoms with Crippen molar-refractivity contribution in [1.29, 1.82) is 0 Å². The maximum absolute atomic E-state index is 12.4. The first-order chi connectivity index (χ1) is 15.7. The lowest BCUT2D eigenvalue weighted by atomic mass is 10.1. The topological polar surface area (TPSA) is 69.7 Å². The van der Waals surface area contributed by atoms with Crippen molar-refractivity contribution in [3.8, 4) is 0 Å². The van der Waals surface area contributed by atoms with Gasteiger partial charge in [0.2, 0.25) is 15.9 Å². The number of sulfonamides is 1. The van der Waals surface area contributed by atoms with Crippen LogP contribution in [0.5, 0.6) is 0 Å². The molecule has 0 atom stereocenters. The number of carbonyl (C=O) groups is 1. The van der Waals surface area contributed by atoms with E-state index in [-0.39, 0.29) is 18.9 Å². The molecule has 1 amide bonds. The van der Waals surface area contributed by atoms with Crippen LogP contribution in [-0.4, -0.2) is 45.1 Å². The molecule has 0 saturated carbocycles. The summed E-state index contributed by atoms with van der Waals surface area (Å²) >= 11 is 0. The SMILES string of the molecule is Cc1ccc(N(CCCC(=O)NCc2cccc(CN3CCCCC3)c2)S(C)(=O)=O)cc1C. The van der Waals surface area contributed by atoms with E-state index in [1.54, 1.807) is 0 Å². The van der Waals surface area contributed by atoms with Gasteiger partial charge >= 0.3 is 0 Å². The number of carbonyl (C=O) groups excluding carboxylic acids is 1. The second-order valence-corrected chi connectivity index (χ2v) is 11.0. The standard InChI is InChI=1S/C26H37N3O3S/c1-21-12-13-25(17-22(21)2)29(33(3,31)32)16-8-11-26(30)27-19-23-9-7-10-24(18-23)20-28-14-5-4-6-15-28/h7,9-10,12-13,17-18H,4-6,8,11,14-16,19-20H2,1-3H3,(H,27,30). The van der Waals surface area contributed by atoms with E-state index in [0.717, 1.165) is 36.3 Å². The average Bonchev–Trinajstić information content (AvgIpc) is 2.77. The first kappa shape index (κ1) is 25.2. The summed E-state index contributed by atoms with van der Waals surface area (Å²) in [6, 6.07) is 14.0. The van der Waals surface area contributed by atoms with Gasteiger partial charge < -0.3 is 5.32 Å². The zero-order valence-electron chi connectivity index (χ0n) is 20.1. The number of rotatable bonds is 10. The molecule has 2 aromatic carbocycles. The van der Waals surface area contributed by atoms with Crippen molar-refractivity contribution in [3.05, 3.63) is 64.7 Å². The normalized spacial score (nSPS) is 14.8. The average molecular weight is 472 g/mol. The highest BCUT2D eigenvalue weighted by Gasteiger charge is 2.18. The highest BCUT2D eigenvalue weighted by Crippen LogP contribution is 2.22. The number of hydrogen-bond donors (Lipinski definition) is 1. The maximum Gasteiger partial charge on any atom is 0.232 e. The summed E-state index contributed by atoms with van der Waals surface area (Å²) in [4.78, 5) is 14.9. The Morgan fingerprint density at radius 2 is 1.73 bits per heavy atom. The summed E-state index contributed by atoms with van der Waals surface area (Å²) in [7, 11) is -3.42. The molecule has 6 nitrogen and oxygen atoms in total. The van der Waals surface area contributed by atoms with Crippen molar-refractivity contribution in [2.45, 2.75) is 59.0 Å². The molecule has 33 heavy (non-hydrogen) atoms. The Morgan fingerprint density at radius 3 is 2.42 bits per heavy atom. The summed E-state index contributed by atoms with van der Waals surface area (Å²) in [5.74, 6) is -0.0648. The van der Waals surface area contributed by atoms with Crippen molar-refractivity contribution in [2.75, 3.05) is 30.2 Å². The van der Waals surface area contributed by atoms with Crippen molar-refractivity contribution < 1.29 is 13.2 Å². The molecule has 0 radical (unpaired) electrons. The molecule has 1 aliphatic rings. The molecule has 1 heterocycles. The van der Waals surface area contributed by atoms with Gasteiger partial charge in [-0.05, 0) is 80.6 Å². The minimum Gasteiger partial charge on any atom is -0.352 e. The predicted molar refractivity (Wildman–Crippen MR) is 135 cm³/mol. The van der Waals surface area contributed by atoms with E-state index in [2.05, 4.69) is 22.3 Å². The fourth-order valence-corrected chi connectivity index (χ4v) is 5.21. The van der Waals surface area contributed by atoms with E-state index in [4.69, 9.17) is 0 Å². The Kier molecular flexibility index (Phi) is 8.92. The van der Waals surface area contributed by atoms with Gasteiger partial charge in [0.25, 0.3) is 0 Å². The van der Waals surface area contributed by atoms with Crippen LogP contribution < -0.4 is 9.62 Å². The summed E-state index contributed by atoms with van der Waals surface area (Å²) in [5.41, 5.74) is 5.17. The van der Waals surface area contributed by atoms with Crippen LogP contribution in [-0.2, 0) is 27.9 Å². The van der Waals surface area contributed by atoms with Crippen LogP contribution >= 0.6 is 0 Å². The van der Waals surface area contributed by atoms with E-state index < -0.39 is 10.0 Å². The number of likely N-dealkylation sites (tertiary alicyclic amines) is 1. The monoisotopic (exact) mass is 471 g/mol. The lowest BCUT2D eigenvalue weighted by Crippen LogP contribution is -2.32. The summed E-state index contributed by atoms with van der Waals surface area (Å²) < 4.78 is 26.0. The Morgan fingerprint density at radius 1 is 1.00 bits per heavy atom. The maximum atomic E-state index is 12.4. The molecule has 1 aliphatic heterocycles. The van der Waals surface area contributed by atoms with Crippen LogP contribution in [0, 0.1) is 13.8 Å². The van der Waals surface area contributed by atoms with Crippen LogP contribution in [0.1, 0.15) is 54.4 Å². The number of anilines is 1. The molecule has 1 fully saturated rings. The van der Waals surface area contributed by atoms with Gasteiger partial charge in [-0.3, -0.25) is 14.0 Å². The first-order valence-corrected chi connectivity index (χ1v) is 13.7. The Balaban J connectivity index is 1.48. The fraction of sp³-hybridized carbons (Fsp3) is 0.500. The van der Waals surface area contributed by atoms with Crippen molar-refractivity contribution in [1.82, 2.24) is 10.2 Å². The van der Waals surface area contributed by atoms with Gasteiger partial charge in [0.15, 0.2) is 0 Å². The van der Waals surface area contributed by atoms with Crippen LogP contribution in [0.4, 0.5) is 5.69 Å². The Bertz CT molecular complexity index is 1050. The van der Waals surface area contributed by atoms with Gasteiger partial charge in [-0.2, -0.15) is 0 Å². The largest absolute Gasteiger partial charge is 0.352 e. The van der Waals surface area contributed by atoms with E-state index >= 15 is 0 Å². The zero-order valence-corrected chi connectivity index (χ0v) is 21.0. The van der Waals surface area contributed by atoms with Gasteiger partial charge in [-0.1, -0.05) is 36.8 Å². The molecule has 0 bridgehead atoms. The molecule has 1 N–H and O–H groups in total. The molecule has 1 saturated heterocycles. The fourth-order valence-electron chi connectivity index (χ4n) is 4.25. The Labute approximate surface area is 199 Å². The van der Waals surface area contributed by atoms with Gasteiger partial charge in [-0.15, -0.1) is 0 Å². The minimum absolute atomic E-state index is 0.0648. The molecule has 0 spiro atoms. The van der Waals surface area contributed by atoms with E-state index in [9.17, 15) is 13.2 Å². The van der Waals surface area contributed by atoms with Crippen molar-refractivity contribution in [3.63, 3.8) is 0 Å². The first-order valence-electron chi connectivity index (χ1n) is 11.8. The summed E-state index contributed by atoms with van der Waals surface area (Å²) in [5, 5.41) is 2.98. The smallest absolute Gasteiger partial charge is 0.232 e. The van der Waals surface area contributed by atoms with Crippen LogP contribution in [0.2, 0.25) is 0 Å². The number of aryl methyl sites for hydroxylation is 2. The van der Waals surface area contributed by atoms with Crippen LogP contribution in [0.3, 0.4) is 0 Å². The van der Waals surface area contributed by atoms with E-state index in [0.29, 0.717) is 18.7 Å². The summed E-state index contributed by atoms with van der Waals surface area (Å²) in [6.45, 7) is 8.01. The van der Waals surface area contributed by atoms with Crippen LogP contribution in [0.15, 0.2) is 42.5 Å². The molecule has 180 valence electrons. The molecular weight excluding hydrogens is 434 g/mol. The lowest BCUT2D eigenvalue weighted by molar-refractivity contribution is -0.121. The van der Waals surface area contributed by atoms with Gasteiger partial charge in [0.1, 0.15) is 0 Å². The van der Waals surface area contributed by atoms with E-state index in [1.807, 2.05) is 44.2 Å². The third-order valence-corrected chi connectivity index (χ3v) is 7.47. The predicted octanol–water partition coefficient (Wildman–Crippen LogP) is 4.15. The third-order valence-electron chi connectivity index (χ3n) is 6.28. The number of nitrogens with one attached hydrogen (secondary N) is 1. The molecular formula is C26H37N3O3S. The molecule has 7 heteroatoms. The lowest BCUT2D eigenvalue weighted by Gasteiger charge is -2.26. The molecule has 0 aromatic heterocycles. The van der Waals surface area contributed by atoms with Gasteiger partial charge in [0.05, 0.1) is 11.9 Å². The van der Waals surface area contributed by atoms with Crippen LogP contribution in [0.25, 0.3) is 0 Å². The molecule has 2 aromatic rings. The number of piperidine rings is 1. The van der Waals surface area contributed by atoms with E-state index in [1.165, 1.54) is 35.4 Å². The second-order valence-electron chi connectivity index (χ2n) is 9.14. The highest BCUT2D eigenvalue weighted by atomic mass is 32.2. The third kappa shape index (κ3) is 7.86. The number of benzene rings is 2. The minimum atomic E-state index is -3.42. The highest BCUT2D eigenvalue weighted by molar-refractivity contribution is 7.92. The van der Waals surface area contributed by atoms with Crippen molar-refractivity contribution in [2.24, 2.45) is 0 Å². The quantitative estimate of drug-likeness (QED) is 0.565.